The molecule has 0 amide bonds. The topological polar surface area (TPSA) is 121 Å². The van der Waals surface area contributed by atoms with Crippen molar-refractivity contribution < 1.29 is 17.7 Å². The summed E-state index contributed by atoms with van der Waals surface area (Å²) in [4.78, 5) is 9.19. The van der Waals surface area contributed by atoms with E-state index in [4.69, 9.17) is 5.14 Å². The Morgan fingerprint density at radius 3 is 2.67 bits per heavy atom. The maximum Gasteiger partial charge on any atom is 0.410 e. The average molecular weight is 314 g/mol. The molecule has 0 atom stereocenters. The van der Waals surface area contributed by atoms with Gasteiger partial charge in [-0.1, -0.05) is 6.07 Å². The van der Waals surface area contributed by atoms with Gasteiger partial charge in [0, 0.05) is 0 Å². The van der Waals surface area contributed by atoms with Gasteiger partial charge in [-0.25, -0.2) is 17.9 Å². The van der Waals surface area contributed by atoms with E-state index in [1.165, 1.54) is 12.1 Å². The molecule has 0 saturated heterocycles. The zero-order valence-electron chi connectivity index (χ0n) is 10.9. The number of primary sulfonamides is 1. The molecule has 8 nitrogen and oxygen atoms in total. The number of halogens is 1. The van der Waals surface area contributed by atoms with E-state index in [-0.39, 0.29) is 6.54 Å². The molecule has 1 aromatic heterocycles. The fourth-order valence-electron chi connectivity index (χ4n) is 1.79. The highest BCUT2D eigenvalue weighted by Gasteiger charge is 2.28. The summed E-state index contributed by atoms with van der Waals surface area (Å²) in [5, 5.41) is 19.3. The number of nitrogens with zero attached hydrogens (tertiary/aromatic N) is 3. The molecule has 0 unspecified atom stereocenters. The lowest BCUT2D eigenvalue weighted by Crippen LogP contribution is -2.13. The van der Waals surface area contributed by atoms with Crippen LogP contribution in [0.15, 0.2) is 29.3 Å². The van der Waals surface area contributed by atoms with E-state index in [2.05, 4.69) is 5.10 Å². The lowest BCUT2D eigenvalue weighted by atomic mass is 10.1. The van der Waals surface area contributed by atoms with Gasteiger partial charge in [0.25, 0.3) is 0 Å². The summed E-state index contributed by atoms with van der Waals surface area (Å²) in [6, 6.07) is 4.07. The first-order valence-electron chi connectivity index (χ1n) is 5.68. The maximum absolute atomic E-state index is 13.2. The number of hydrogen-bond acceptors (Lipinski definition) is 5. The van der Waals surface area contributed by atoms with Crippen molar-refractivity contribution in [1.82, 2.24) is 9.78 Å². The van der Waals surface area contributed by atoms with E-state index in [1.54, 1.807) is 13.0 Å². The third kappa shape index (κ3) is 3.23. The van der Waals surface area contributed by atoms with Gasteiger partial charge in [-0.15, -0.1) is 0 Å². The molecule has 112 valence electrons. The van der Waals surface area contributed by atoms with Gasteiger partial charge in [0.15, 0.2) is 0 Å². The first-order chi connectivity index (χ1) is 9.68. The number of nitrogens with two attached hydrogens (primary N) is 1. The van der Waals surface area contributed by atoms with Crippen molar-refractivity contribution >= 4 is 15.8 Å². The molecular formula is C11H11FN4O4S. The zero-order chi connectivity index (χ0) is 15.8. The summed E-state index contributed by atoms with van der Waals surface area (Å²) in [7, 11) is -4.27. The molecule has 10 heteroatoms. The molecule has 2 aromatic rings. The summed E-state index contributed by atoms with van der Waals surface area (Å²) in [5.74, 6) is -1.32. The van der Waals surface area contributed by atoms with Crippen molar-refractivity contribution in [2.75, 3.05) is 0 Å². The Bertz CT molecular complexity index is 816. The van der Waals surface area contributed by atoms with E-state index in [0.29, 0.717) is 5.56 Å². The molecule has 0 aliphatic carbocycles. The van der Waals surface area contributed by atoms with E-state index >= 15 is 0 Å². The summed E-state index contributed by atoms with van der Waals surface area (Å²) in [6.45, 7) is 1.72. The Morgan fingerprint density at radius 2 is 2.14 bits per heavy atom. The number of aromatic nitrogens is 2. The highest BCUT2D eigenvalue weighted by molar-refractivity contribution is 7.89. The fourth-order valence-corrected chi connectivity index (χ4v) is 2.42. The highest BCUT2D eigenvalue weighted by Crippen LogP contribution is 2.21. The van der Waals surface area contributed by atoms with Gasteiger partial charge in [-0.3, -0.25) is 0 Å². The van der Waals surface area contributed by atoms with Crippen LogP contribution in [0.1, 0.15) is 11.1 Å². The van der Waals surface area contributed by atoms with Crippen LogP contribution in [0.3, 0.4) is 0 Å². The minimum absolute atomic E-state index is 0.0139. The lowest BCUT2D eigenvalue weighted by Gasteiger charge is -2.03. The summed E-state index contributed by atoms with van der Waals surface area (Å²) in [6.07, 6.45) is 0.956. The van der Waals surface area contributed by atoms with E-state index in [1.807, 2.05) is 0 Å². The molecule has 0 aliphatic rings. The van der Waals surface area contributed by atoms with Crippen LogP contribution in [0.5, 0.6) is 0 Å². The molecule has 0 bridgehead atoms. The predicted molar refractivity (Wildman–Crippen MR) is 70.5 cm³/mol. The number of aryl methyl sites for hydroxylation is 1. The highest BCUT2D eigenvalue weighted by atomic mass is 32.2. The molecule has 0 fully saturated rings. The second kappa shape index (κ2) is 5.22. The third-order valence-electron chi connectivity index (χ3n) is 2.83. The molecule has 1 heterocycles. The third-order valence-corrected chi connectivity index (χ3v) is 3.73. The molecular weight excluding hydrogens is 303 g/mol. The molecule has 0 spiro atoms. The number of nitro groups is 1. The van der Waals surface area contributed by atoms with Crippen LogP contribution in [0.25, 0.3) is 0 Å². The number of hydrogen-bond donors (Lipinski definition) is 1. The van der Waals surface area contributed by atoms with Crippen LogP contribution in [-0.2, 0) is 16.6 Å². The van der Waals surface area contributed by atoms with Crippen molar-refractivity contribution in [2.45, 2.75) is 18.4 Å². The van der Waals surface area contributed by atoms with E-state index in [9.17, 15) is 22.9 Å². The molecule has 21 heavy (non-hydrogen) atoms. The molecule has 0 saturated carbocycles. The predicted octanol–water partition coefficient (Wildman–Crippen LogP) is 0.935. The van der Waals surface area contributed by atoms with Gasteiger partial charge in [0.2, 0.25) is 14.9 Å². The Hall–Kier alpha value is -2.33. The van der Waals surface area contributed by atoms with E-state index < -0.39 is 31.5 Å². The normalized spacial score (nSPS) is 11.6. The fraction of sp³-hybridized carbons (Fsp3) is 0.182. The van der Waals surface area contributed by atoms with Gasteiger partial charge >= 0.3 is 5.82 Å². The summed E-state index contributed by atoms with van der Waals surface area (Å²) < 4.78 is 36.8. The standard InChI is InChI=1S/C11H11FN4O4S/c1-7-2-3-9(12)4-8(7)5-15-6-10(21(13,19)20)11(14-15)16(17)18/h2-4,6H,5H2,1H3,(H2,13,19,20). The molecule has 2 N–H and O–H groups in total. The number of rotatable bonds is 4. The molecule has 0 aliphatic heterocycles. The second-order valence-electron chi connectivity index (χ2n) is 4.39. The molecule has 1 aromatic carbocycles. The van der Waals surface area contributed by atoms with Crippen molar-refractivity contribution in [3.05, 3.63) is 51.5 Å². The average Bonchev–Trinajstić information content (AvgIpc) is 2.78. The Labute approximate surface area is 119 Å². The minimum Gasteiger partial charge on any atom is -0.358 e. The van der Waals surface area contributed by atoms with E-state index in [0.717, 1.165) is 16.4 Å². The van der Waals surface area contributed by atoms with Gasteiger partial charge in [-0.05, 0) is 35.1 Å². The Balaban J connectivity index is 2.47. The second-order valence-corrected chi connectivity index (χ2v) is 5.92. The quantitative estimate of drug-likeness (QED) is 0.664. The maximum atomic E-state index is 13.2. The SMILES string of the molecule is Cc1ccc(F)cc1Cn1cc(S(N)(=O)=O)c([N+](=O)[O-])n1. The van der Waals surface area contributed by atoms with Gasteiger partial charge in [0.1, 0.15) is 5.82 Å². The zero-order valence-corrected chi connectivity index (χ0v) is 11.7. The van der Waals surface area contributed by atoms with Crippen molar-refractivity contribution in [1.29, 1.82) is 0 Å². The van der Waals surface area contributed by atoms with Crippen LogP contribution in [0.4, 0.5) is 10.2 Å². The Morgan fingerprint density at radius 1 is 1.48 bits per heavy atom. The summed E-state index contributed by atoms with van der Waals surface area (Å²) in [5.41, 5.74) is 1.26. The molecule has 2 rings (SSSR count). The van der Waals surface area contributed by atoms with Crippen LogP contribution in [0, 0.1) is 22.9 Å². The van der Waals surface area contributed by atoms with Gasteiger partial charge < -0.3 is 10.1 Å². The Kier molecular flexibility index (Phi) is 3.75. The van der Waals surface area contributed by atoms with Crippen molar-refractivity contribution in [3.8, 4) is 0 Å². The van der Waals surface area contributed by atoms with Crippen LogP contribution >= 0.6 is 0 Å². The minimum atomic E-state index is -4.27. The molecule has 0 radical (unpaired) electrons. The van der Waals surface area contributed by atoms with Gasteiger partial charge in [0.05, 0.1) is 17.8 Å². The van der Waals surface area contributed by atoms with Crippen LogP contribution in [0.2, 0.25) is 0 Å². The van der Waals surface area contributed by atoms with Crippen LogP contribution in [-0.4, -0.2) is 23.1 Å². The lowest BCUT2D eigenvalue weighted by molar-refractivity contribution is -0.392. The largest absolute Gasteiger partial charge is 0.410 e. The van der Waals surface area contributed by atoms with Crippen molar-refractivity contribution in [3.63, 3.8) is 0 Å². The number of sulfonamides is 1. The smallest absolute Gasteiger partial charge is 0.358 e. The van der Waals surface area contributed by atoms with Crippen LogP contribution < -0.4 is 5.14 Å². The first-order valence-corrected chi connectivity index (χ1v) is 7.23. The summed E-state index contributed by atoms with van der Waals surface area (Å²) >= 11 is 0. The first kappa shape index (κ1) is 15.1. The monoisotopic (exact) mass is 314 g/mol. The number of benzene rings is 1. The van der Waals surface area contributed by atoms with Crippen molar-refractivity contribution in [2.24, 2.45) is 5.14 Å². The van der Waals surface area contributed by atoms with Gasteiger partial charge in [-0.2, -0.15) is 4.68 Å².